The molecule has 0 aliphatic carbocycles. The molecule has 1 aliphatic rings. The van der Waals surface area contributed by atoms with E-state index in [0.29, 0.717) is 5.02 Å². The monoisotopic (exact) mass is 486 g/mol. The van der Waals surface area contributed by atoms with E-state index < -0.39 is 0 Å². The molecule has 1 N–H and O–H groups in total. The van der Waals surface area contributed by atoms with Gasteiger partial charge in [-0.2, -0.15) is 11.3 Å². The van der Waals surface area contributed by atoms with Gasteiger partial charge in [0.05, 0.1) is 17.6 Å². The average molecular weight is 487 g/mol. The van der Waals surface area contributed by atoms with Gasteiger partial charge in [0.15, 0.2) is 0 Å². The number of methoxy groups -OCH3 is 1. The largest absolute Gasteiger partial charge is 0.497 e. The lowest BCUT2D eigenvalue weighted by Gasteiger charge is -2.41. The molecule has 4 nitrogen and oxygen atoms in total. The summed E-state index contributed by atoms with van der Waals surface area (Å²) < 4.78 is 5.41. The molecule has 0 saturated carbocycles. The molecule has 4 rings (SSSR count). The first-order valence-corrected chi connectivity index (χ1v) is 13.4. The molecule has 178 valence electrons. The molecule has 1 saturated heterocycles. The van der Waals surface area contributed by atoms with Crippen molar-refractivity contribution in [2.24, 2.45) is 5.41 Å². The lowest BCUT2D eigenvalue weighted by Crippen LogP contribution is -2.42. The number of thiophene rings is 1. The van der Waals surface area contributed by atoms with Crippen LogP contribution in [0.5, 0.6) is 5.75 Å². The molecule has 3 aromatic rings. The molecule has 6 heteroatoms. The van der Waals surface area contributed by atoms with Gasteiger partial charge in [-0.1, -0.05) is 11.6 Å². The minimum absolute atomic E-state index is 0.0418. The highest BCUT2D eigenvalue weighted by Crippen LogP contribution is 2.37. The number of pyridine rings is 1. The van der Waals surface area contributed by atoms with Crippen LogP contribution in [0.3, 0.4) is 0 Å². The molecule has 2 aromatic heterocycles. The van der Waals surface area contributed by atoms with Crippen LogP contribution in [0.15, 0.2) is 41.2 Å². The summed E-state index contributed by atoms with van der Waals surface area (Å²) in [5.74, 6) is 0.822. The van der Waals surface area contributed by atoms with Crippen LogP contribution in [0, 0.1) is 5.41 Å². The van der Waals surface area contributed by atoms with Gasteiger partial charge in [-0.3, -0.25) is 4.98 Å². The number of likely N-dealkylation sites (tertiary alicyclic amines) is 1. The summed E-state index contributed by atoms with van der Waals surface area (Å²) in [6.07, 6.45) is 10.5. The maximum absolute atomic E-state index is 10.3. The van der Waals surface area contributed by atoms with Crippen LogP contribution in [-0.2, 0) is 12.8 Å². The second kappa shape index (κ2) is 11.7. The number of benzene rings is 1. The Morgan fingerprint density at radius 2 is 2.00 bits per heavy atom. The number of fused-ring (bicyclic) bond motifs is 1. The lowest BCUT2D eigenvalue weighted by atomic mass is 9.75. The fraction of sp³-hybridized carbons (Fsp3) is 0.519. The van der Waals surface area contributed by atoms with E-state index >= 15 is 0 Å². The third-order valence-corrected chi connectivity index (χ3v) is 8.35. The zero-order valence-electron chi connectivity index (χ0n) is 19.6. The van der Waals surface area contributed by atoms with Gasteiger partial charge in [-0.25, -0.2) is 0 Å². The molecule has 0 spiro atoms. The summed E-state index contributed by atoms with van der Waals surface area (Å²) >= 11 is 8.33. The molecule has 3 heterocycles. The fourth-order valence-electron chi connectivity index (χ4n) is 5.06. The lowest BCUT2D eigenvalue weighted by molar-refractivity contribution is 0.0352. The van der Waals surface area contributed by atoms with Crippen LogP contribution in [0.4, 0.5) is 0 Å². The standard InChI is InChI=1S/C27H35ClN2O2S/c1-32-22-7-8-26-24(17-22)23(25(28)18-29-26)6-4-10-27(20-31)11-14-30(15-12-27)13-3-2-5-21-9-16-33-19-21/h7-9,16-19,31H,2-6,10-15,20H2,1H3. The summed E-state index contributed by atoms with van der Waals surface area (Å²) in [6.45, 7) is 3.63. The van der Waals surface area contributed by atoms with Gasteiger partial charge in [-0.05, 0) is 123 Å². The number of unbranched alkanes of at least 4 members (excludes halogenated alkanes) is 1. The summed E-state index contributed by atoms with van der Waals surface area (Å²) in [6, 6.07) is 8.19. The Balaban J connectivity index is 1.27. The predicted molar refractivity (Wildman–Crippen MR) is 139 cm³/mol. The second-order valence-corrected chi connectivity index (χ2v) is 10.6. The Morgan fingerprint density at radius 3 is 2.73 bits per heavy atom. The van der Waals surface area contributed by atoms with Crippen molar-refractivity contribution in [2.75, 3.05) is 33.4 Å². The summed E-state index contributed by atoms with van der Waals surface area (Å²) in [7, 11) is 1.68. The summed E-state index contributed by atoms with van der Waals surface area (Å²) in [4.78, 5) is 7.05. The van der Waals surface area contributed by atoms with E-state index in [4.69, 9.17) is 16.3 Å². The van der Waals surface area contributed by atoms with E-state index in [1.54, 1.807) is 24.6 Å². The highest BCUT2D eigenvalue weighted by Gasteiger charge is 2.33. The molecule has 0 unspecified atom stereocenters. The normalized spacial score (nSPS) is 16.3. The Bertz CT molecular complexity index is 1020. The van der Waals surface area contributed by atoms with Crippen molar-refractivity contribution in [2.45, 2.75) is 51.4 Å². The van der Waals surface area contributed by atoms with Crippen molar-refractivity contribution in [1.29, 1.82) is 0 Å². The van der Waals surface area contributed by atoms with Gasteiger partial charge in [0.25, 0.3) is 0 Å². The average Bonchev–Trinajstić information content (AvgIpc) is 3.37. The molecule has 0 radical (unpaired) electrons. The Hall–Kier alpha value is -1.66. The Morgan fingerprint density at radius 1 is 1.15 bits per heavy atom. The number of aryl methyl sites for hydroxylation is 2. The Kier molecular flexibility index (Phi) is 8.64. The number of hydrogen-bond donors (Lipinski definition) is 1. The van der Waals surface area contributed by atoms with Crippen molar-refractivity contribution >= 4 is 33.8 Å². The van der Waals surface area contributed by atoms with Crippen LogP contribution in [0.25, 0.3) is 10.9 Å². The van der Waals surface area contributed by atoms with Gasteiger partial charge < -0.3 is 14.7 Å². The van der Waals surface area contributed by atoms with Crippen LogP contribution in [0.1, 0.15) is 49.7 Å². The number of aromatic nitrogens is 1. The van der Waals surface area contributed by atoms with Crippen LogP contribution >= 0.6 is 22.9 Å². The van der Waals surface area contributed by atoms with E-state index in [2.05, 4.69) is 26.7 Å². The van der Waals surface area contributed by atoms with Gasteiger partial charge in [0.1, 0.15) is 5.75 Å². The Labute approximate surface area is 206 Å². The van der Waals surface area contributed by atoms with Crippen molar-refractivity contribution < 1.29 is 9.84 Å². The smallest absolute Gasteiger partial charge is 0.119 e. The number of nitrogens with zero attached hydrogens (tertiary/aromatic N) is 2. The highest BCUT2D eigenvalue weighted by molar-refractivity contribution is 7.07. The molecule has 0 atom stereocenters. The van der Waals surface area contributed by atoms with E-state index in [1.807, 2.05) is 18.2 Å². The van der Waals surface area contributed by atoms with Gasteiger partial charge in [0, 0.05) is 18.2 Å². The van der Waals surface area contributed by atoms with Gasteiger partial charge in [-0.15, -0.1) is 0 Å². The second-order valence-electron chi connectivity index (χ2n) is 9.41. The molecule has 33 heavy (non-hydrogen) atoms. The summed E-state index contributed by atoms with van der Waals surface area (Å²) in [5, 5.41) is 16.5. The first-order valence-electron chi connectivity index (χ1n) is 12.1. The molecule has 1 aliphatic heterocycles. The number of rotatable bonds is 11. The van der Waals surface area contributed by atoms with E-state index in [0.717, 1.165) is 67.4 Å². The van der Waals surface area contributed by atoms with Gasteiger partial charge >= 0.3 is 0 Å². The first kappa shape index (κ1) is 24.5. The predicted octanol–water partition coefficient (Wildman–Crippen LogP) is 6.38. The SMILES string of the molecule is COc1ccc2ncc(Cl)c(CCCC3(CO)CCN(CCCCc4ccsc4)CC3)c2c1. The molecule has 0 amide bonds. The highest BCUT2D eigenvalue weighted by atomic mass is 35.5. The molecule has 1 aromatic carbocycles. The number of aliphatic hydroxyl groups is 1. The van der Waals surface area contributed by atoms with Gasteiger partial charge in [0.2, 0.25) is 0 Å². The zero-order chi connectivity index (χ0) is 23.1. The topological polar surface area (TPSA) is 45.6 Å². The molecule has 1 fully saturated rings. The van der Waals surface area contributed by atoms with Crippen molar-refractivity contribution in [3.05, 3.63) is 57.4 Å². The molecular weight excluding hydrogens is 452 g/mol. The quantitative estimate of drug-likeness (QED) is 0.319. The van der Waals surface area contributed by atoms with Crippen molar-refractivity contribution in [3.8, 4) is 5.75 Å². The maximum atomic E-state index is 10.3. The molecular formula is C27H35ClN2O2S. The maximum Gasteiger partial charge on any atom is 0.119 e. The minimum atomic E-state index is 0.0418. The molecule has 0 bridgehead atoms. The van der Waals surface area contributed by atoms with Crippen LogP contribution in [0.2, 0.25) is 5.02 Å². The zero-order valence-corrected chi connectivity index (χ0v) is 21.1. The fourth-order valence-corrected chi connectivity index (χ4v) is 6.01. The van der Waals surface area contributed by atoms with Crippen LogP contribution in [-0.4, -0.2) is 48.3 Å². The van der Waals surface area contributed by atoms with E-state index in [9.17, 15) is 5.11 Å². The first-order chi connectivity index (χ1) is 16.1. The van der Waals surface area contributed by atoms with Crippen molar-refractivity contribution in [1.82, 2.24) is 9.88 Å². The van der Waals surface area contributed by atoms with Crippen LogP contribution < -0.4 is 4.74 Å². The third kappa shape index (κ3) is 6.27. The number of hydrogen-bond acceptors (Lipinski definition) is 5. The number of ether oxygens (including phenoxy) is 1. The van der Waals surface area contributed by atoms with Crippen molar-refractivity contribution in [3.63, 3.8) is 0 Å². The number of halogens is 1. The number of aliphatic hydroxyl groups excluding tert-OH is 1. The summed E-state index contributed by atoms with van der Waals surface area (Å²) in [5.41, 5.74) is 3.59. The minimum Gasteiger partial charge on any atom is -0.497 e. The van der Waals surface area contributed by atoms with E-state index in [-0.39, 0.29) is 12.0 Å². The third-order valence-electron chi connectivity index (χ3n) is 7.29. The van der Waals surface area contributed by atoms with E-state index in [1.165, 1.54) is 31.4 Å². The number of piperidine rings is 1.